The molecule has 8 heteroatoms. The van der Waals surface area contributed by atoms with Gasteiger partial charge >= 0.3 is 5.76 Å². The summed E-state index contributed by atoms with van der Waals surface area (Å²) in [4.78, 5) is 12.2. The van der Waals surface area contributed by atoms with Crippen LogP contribution in [0, 0.1) is 20.8 Å². The molecule has 0 saturated heterocycles. The number of para-hydroxylation sites is 1. The van der Waals surface area contributed by atoms with Crippen molar-refractivity contribution in [2.75, 3.05) is 0 Å². The Kier molecular flexibility index (Phi) is 3.80. The summed E-state index contributed by atoms with van der Waals surface area (Å²) in [6, 6.07) is 9.73. The standard InChI is InChI=1S/C18H17N5O3/c1-11-16(13(3)26-21-11)10-22-18(24)25-17(20-22)15-9-19-23(12(15)2)14-7-5-4-6-8-14/h4-9H,10H2,1-3H3. The normalized spacial score (nSPS) is 11.2. The summed E-state index contributed by atoms with van der Waals surface area (Å²) in [6.07, 6.45) is 1.65. The van der Waals surface area contributed by atoms with Gasteiger partial charge in [-0.1, -0.05) is 23.4 Å². The molecule has 0 aliphatic rings. The van der Waals surface area contributed by atoms with Gasteiger partial charge in [-0.05, 0) is 32.9 Å². The maximum Gasteiger partial charge on any atom is 0.437 e. The van der Waals surface area contributed by atoms with Crippen LogP contribution in [0.15, 0.2) is 50.3 Å². The van der Waals surface area contributed by atoms with Crippen molar-refractivity contribution < 1.29 is 8.94 Å². The second kappa shape index (κ2) is 6.14. The van der Waals surface area contributed by atoms with Crippen LogP contribution in [0.3, 0.4) is 0 Å². The molecule has 0 aliphatic carbocycles. The summed E-state index contributed by atoms with van der Waals surface area (Å²) >= 11 is 0. The van der Waals surface area contributed by atoms with E-state index >= 15 is 0 Å². The van der Waals surface area contributed by atoms with Crippen LogP contribution in [0.5, 0.6) is 0 Å². The van der Waals surface area contributed by atoms with Gasteiger partial charge in [0.2, 0.25) is 0 Å². The number of aryl methyl sites for hydroxylation is 2. The minimum atomic E-state index is -0.535. The molecule has 0 atom stereocenters. The zero-order chi connectivity index (χ0) is 18.3. The average molecular weight is 351 g/mol. The SMILES string of the molecule is Cc1noc(C)c1Cn1nc(-c2cnn(-c3ccccc3)c2C)oc1=O. The molecule has 4 rings (SSSR count). The molecule has 0 amide bonds. The smallest absolute Gasteiger partial charge is 0.387 e. The van der Waals surface area contributed by atoms with Crippen molar-refractivity contribution in [3.8, 4) is 17.1 Å². The first-order valence-electron chi connectivity index (χ1n) is 8.14. The van der Waals surface area contributed by atoms with E-state index in [1.807, 2.05) is 44.2 Å². The summed E-state index contributed by atoms with van der Waals surface area (Å²) in [5.74, 6) is 0.361. The van der Waals surface area contributed by atoms with Crippen LogP contribution in [-0.4, -0.2) is 24.7 Å². The van der Waals surface area contributed by atoms with E-state index in [4.69, 9.17) is 8.94 Å². The van der Waals surface area contributed by atoms with E-state index in [9.17, 15) is 4.79 Å². The molecule has 0 fully saturated rings. The maximum atomic E-state index is 12.2. The highest BCUT2D eigenvalue weighted by Gasteiger charge is 2.19. The molecular formula is C18H17N5O3. The lowest BCUT2D eigenvalue weighted by molar-refractivity contribution is 0.391. The van der Waals surface area contributed by atoms with E-state index < -0.39 is 5.76 Å². The van der Waals surface area contributed by atoms with Crippen molar-refractivity contribution in [1.29, 1.82) is 0 Å². The van der Waals surface area contributed by atoms with Gasteiger partial charge in [0.25, 0.3) is 5.89 Å². The molecule has 0 bridgehead atoms. The van der Waals surface area contributed by atoms with Gasteiger partial charge in [0.15, 0.2) is 0 Å². The first kappa shape index (κ1) is 16.1. The quantitative estimate of drug-likeness (QED) is 0.561. The second-order valence-electron chi connectivity index (χ2n) is 6.02. The summed E-state index contributed by atoms with van der Waals surface area (Å²) in [6.45, 7) is 5.78. The van der Waals surface area contributed by atoms with Crippen LogP contribution < -0.4 is 5.76 Å². The van der Waals surface area contributed by atoms with Gasteiger partial charge in [0.1, 0.15) is 5.76 Å². The average Bonchev–Trinajstić information content (AvgIpc) is 3.29. The number of hydrogen-bond acceptors (Lipinski definition) is 6. The fraction of sp³-hybridized carbons (Fsp3) is 0.222. The highest BCUT2D eigenvalue weighted by atomic mass is 16.5. The lowest BCUT2D eigenvalue weighted by Gasteiger charge is -2.03. The van der Waals surface area contributed by atoms with Crippen LogP contribution in [0.4, 0.5) is 0 Å². The van der Waals surface area contributed by atoms with Crippen LogP contribution in [0.1, 0.15) is 22.7 Å². The van der Waals surface area contributed by atoms with Crippen molar-refractivity contribution in [2.45, 2.75) is 27.3 Å². The van der Waals surface area contributed by atoms with Crippen molar-refractivity contribution in [3.63, 3.8) is 0 Å². The van der Waals surface area contributed by atoms with Crippen molar-refractivity contribution in [1.82, 2.24) is 24.7 Å². The first-order chi connectivity index (χ1) is 12.5. The maximum absolute atomic E-state index is 12.2. The highest BCUT2D eigenvalue weighted by Crippen LogP contribution is 2.23. The molecule has 3 heterocycles. The molecule has 4 aromatic rings. The summed E-state index contributed by atoms with van der Waals surface area (Å²) < 4.78 is 13.5. The zero-order valence-corrected chi connectivity index (χ0v) is 14.6. The molecular weight excluding hydrogens is 334 g/mol. The fourth-order valence-corrected chi connectivity index (χ4v) is 2.84. The van der Waals surface area contributed by atoms with E-state index in [0.717, 1.165) is 22.6 Å². The Morgan fingerprint density at radius 2 is 1.88 bits per heavy atom. The molecule has 3 aromatic heterocycles. The molecule has 1 aromatic carbocycles. The summed E-state index contributed by atoms with van der Waals surface area (Å²) in [5.41, 5.74) is 3.98. The van der Waals surface area contributed by atoms with Crippen molar-refractivity contribution in [3.05, 3.63) is 69.8 Å². The van der Waals surface area contributed by atoms with E-state index in [1.54, 1.807) is 17.8 Å². The van der Waals surface area contributed by atoms with Crippen molar-refractivity contribution >= 4 is 0 Å². The van der Waals surface area contributed by atoms with Gasteiger partial charge < -0.3 is 8.94 Å². The predicted octanol–water partition coefficient (Wildman–Crippen LogP) is 2.65. The molecule has 0 saturated carbocycles. The van der Waals surface area contributed by atoms with E-state index in [2.05, 4.69) is 15.4 Å². The van der Waals surface area contributed by atoms with Crippen LogP contribution >= 0.6 is 0 Å². The monoisotopic (exact) mass is 351 g/mol. The molecule has 0 aliphatic heterocycles. The van der Waals surface area contributed by atoms with Gasteiger partial charge in [-0.3, -0.25) is 0 Å². The Morgan fingerprint density at radius 1 is 1.12 bits per heavy atom. The Balaban J connectivity index is 1.70. The molecule has 8 nitrogen and oxygen atoms in total. The molecule has 132 valence electrons. The Morgan fingerprint density at radius 3 is 2.58 bits per heavy atom. The third-order valence-electron chi connectivity index (χ3n) is 4.34. The van der Waals surface area contributed by atoms with Gasteiger partial charge in [0.05, 0.1) is 35.4 Å². The molecule has 0 unspecified atom stereocenters. The summed E-state index contributed by atoms with van der Waals surface area (Å²) in [7, 11) is 0. The Bertz CT molecular complexity index is 1100. The Labute approximate surface area is 148 Å². The van der Waals surface area contributed by atoms with E-state index in [1.165, 1.54) is 4.68 Å². The minimum absolute atomic E-state index is 0.237. The number of benzene rings is 1. The molecule has 0 radical (unpaired) electrons. The molecule has 0 spiro atoms. The van der Waals surface area contributed by atoms with Gasteiger partial charge in [-0.2, -0.15) is 9.78 Å². The van der Waals surface area contributed by atoms with E-state index in [-0.39, 0.29) is 12.4 Å². The third kappa shape index (κ3) is 2.65. The van der Waals surface area contributed by atoms with Crippen LogP contribution in [-0.2, 0) is 6.54 Å². The van der Waals surface area contributed by atoms with Crippen LogP contribution in [0.25, 0.3) is 17.1 Å². The second-order valence-corrected chi connectivity index (χ2v) is 6.02. The minimum Gasteiger partial charge on any atom is -0.387 e. The number of nitrogens with zero attached hydrogens (tertiary/aromatic N) is 5. The highest BCUT2D eigenvalue weighted by molar-refractivity contribution is 5.56. The third-order valence-corrected chi connectivity index (χ3v) is 4.34. The number of rotatable bonds is 4. The van der Waals surface area contributed by atoms with Crippen molar-refractivity contribution in [2.24, 2.45) is 0 Å². The summed E-state index contributed by atoms with van der Waals surface area (Å²) in [5, 5.41) is 12.6. The van der Waals surface area contributed by atoms with Gasteiger partial charge in [0, 0.05) is 5.56 Å². The molecule has 26 heavy (non-hydrogen) atoms. The fourth-order valence-electron chi connectivity index (χ4n) is 2.84. The topological polar surface area (TPSA) is 91.9 Å². The zero-order valence-electron chi connectivity index (χ0n) is 14.6. The lowest BCUT2D eigenvalue weighted by Crippen LogP contribution is -2.17. The lowest BCUT2D eigenvalue weighted by atomic mass is 10.2. The first-order valence-corrected chi connectivity index (χ1v) is 8.14. The largest absolute Gasteiger partial charge is 0.437 e. The van der Waals surface area contributed by atoms with Gasteiger partial charge in [-0.25, -0.2) is 9.48 Å². The number of aromatic nitrogens is 5. The predicted molar refractivity (Wildman–Crippen MR) is 93.1 cm³/mol. The van der Waals surface area contributed by atoms with Gasteiger partial charge in [-0.15, -0.1) is 5.10 Å². The van der Waals surface area contributed by atoms with Crippen LogP contribution in [0.2, 0.25) is 0 Å². The van der Waals surface area contributed by atoms with E-state index in [0.29, 0.717) is 11.3 Å². The molecule has 0 N–H and O–H groups in total. The Hall–Kier alpha value is -3.42. The number of hydrogen-bond donors (Lipinski definition) is 0.